The van der Waals surface area contributed by atoms with E-state index in [9.17, 15) is 14.4 Å². The number of nitrogens with two attached hydrogens (primary N) is 1. The van der Waals surface area contributed by atoms with Gasteiger partial charge >= 0.3 is 0 Å². The van der Waals surface area contributed by atoms with Crippen LogP contribution >= 0.6 is 0 Å². The van der Waals surface area contributed by atoms with Crippen molar-refractivity contribution in [3.63, 3.8) is 0 Å². The predicted octanol–water partition coefficient (Wildman–Crippen LogP) is 4.38. The number of benzene rings is 2. The van der Waals surface area contributed by atoms with E-state index in [-0.39, 0.29) is 24.0 Å². The Morgan fingerprint density at radius 2 is 1.60 bits per heavy atom. The third kappa shape index (κ3) is 5.49. The molecule has 0 unspecified atom stereocenters. The Kier molecular flexibility index (Phi) is 7.46. The number of fused-ring (bicyclic) bond motifs is 1. The fourth-order valence-corrected chi connectivity index (χ4v) is 4.57. The van der Waals surface area contributed by atoms with Crippen molar-refractivity contribution in [2.24, 2.45) is 5.73 Å². The molecule has 0 aliphatic carbocycles. The highest BCUT2D eigenvalue weighted by molar-refractivity contribution is 6.16. The number of pyridine rings is 1. The maximum Gasteiger partial charge on any atom is 0.240 e. The predicted molar refractivity (Wildman–Crippen MR) is 152 cm³/mol. The molecule has 0 aliphatic heterocycles. The Morgan fingerprint density at radius 1 is 0.875 bits per heavy atom. The van der Waals surface area contributed by atoms with Crippen molar-refractivity contribution < 1.29 is 14.4 Å². The van der Waals surface area contributed by atoms with Crippen LogP contribution in [0, 0.1) is 0 Å². The summed E-state index contributed by atoms with van der Waals surface area (Å²) in [5, 5.41) is 3.77. The van der Waals surface area contributed by atoms with Crippen LogP contribution in [0.15, 0.2) is 91.8 Å². The van der Waals surface area contributed by atoms with Gasteiger partial charge in [-0.25, -0.2) is 9.97 Å². The monoisotopic (exact) mass is 532 g/mol. The molecule has 1 atom stereocenters. The van der Waals surface area contributed by atoms with E-state index in [0.717, 1.165) is 5.56 Å². The van der Waals surface area contributed by atoms with Gasteiger partial charge in [-0.3, -0.25) is 19.4 Å². The molecular weight excluding hydrogens is 504 g/mol. The number of amides is 1. The van der Waals surface area contributed by atoms with Crippen LogP contribution in [0.5, 0.6) is 0 Å². The first kappa shape index (κ1) is 26.4. The summed E-state index contributed by atoms with van der Waals surface area (Å²) in [6.45, 7) is 4.03. The van der Waals surface area contributed by atoms with Gasteiger partial charge in [-0.15, -0.1) is 0 Å². The average molecular weight is 533 g/mol. The highest BCUT2D eigenvalue weighted by Crippen LogP contribution is 2.25. The third-order valence-corrected chi connectivity index (χ3v) is 6.67. The first-order chi connectivity index (χ1) is 19.3. The molecule has 0 aliphatic rings. The van der Waals surface area contributed by atoms with Crippen molar-refractivity contribution >= 4 is 34.2 Å². The lowest BCUT2D eigenvalue weighted by Gasteiger charge is -2.17. The third-order valence-electron chi connectivity index (χ3n) is 6.67. The minimum absolute atomic E-state index is 0.0765. The maximum atomic E-state index is 13.5. The largest absolute Gasteiger partial charge is 0.372 e. The van der Waals surface area contributed by atoms with Crippen LogP contribution in [0.2, 0.25) is 0 Å². The molecule has 0 bridgehead atoms. The molecule has 0 radical (unpaired) electrons. The molecule has 5 aromatic rings. The zero-order valence-electron chi connectivity index (χ0n) is 22.1. The minimum atomic E-state index is -0.765. The number of rotatable bonds is 10. The minimum Gasteiger partial charge on any atom is -0.372 e. The molecule has 9 nitrogen and oxygen atoms in total. The van der Waals surface area contributed by atoms with E-state index in [1.807, 2.05) is 36.6 Å². The average Bonchev–Trinajstić information content (AvgIpc) is 3.37. The number of carbonyl (C=O) groups is 3. The van der Waals surface area contributed by atoms with Crippen LogP contribution in [-0.2, 0) is 11.2 Å². The molecule has 1 amide bonds. The smallest absolute Gasteiger partial charge is 0.240 e. The van der Waals surface area contributed by atoms with E-state index in [1.165, 1.54) is 18.7 Å². The van der Waals surface area contributed by atoms with Gasteiger partial charge < -0.3 is 15.6 Å². The van der Waals surface area contributed by atoms with Gasteiger partial charge in [0.05, 0.1) is 11.3 Å². The SMILES string of the molecule is CC(C)n1cc(C(=O)c2cncc(N[C@H](Cc3ccc(C(=O)c4ccccc4)cc3)C(N)=O)c2)c2cncnc21. The first-order valence-corrected chi connectivity index (χ1v) is 12.9. The molecule has 5 rings (SSSR count). The van der Waals surface area contributed by atoms with Gasteiger partial charge in [0.15, 0.2) is 11.6 Å². The second-order valence-corrected chi connectivity index (χ2v) is 9.79. The zero-order chi connectivity index (χ0) is 28.2. The second-order valence-electron chi connectivity index (χ2n) is 9.79. The van der Waals surface area contributed by atoms with Crippen molar-refractivity contribution in [1.82, 2.24) is 19.5 Å². The summed E-state index contributed by atoms with van der Waals surface area (Å²) in [6.07, 6.45) is 8.18. The fourth-order valence-electron chi connectivity index (χ4n) is 4.57. The molecule has 3 aromatic heterocycles. The standard InChI is InChI=1S/C31H28N6O3/c1-19(2)37-17-26(25-16-34-18-35-31(25)37)29(39)23-13-24(15-33-14-23)36-27(30(32)40)12-20-8-10-22(11-9-20)28(38)21-6-4-3-5-7-21/h3-11,13-19,27,36H,12H2,1-2H3,(H2,32,40)/t27-/m1/s1. The molecule has 9 heteroatoms. The van der Waals surface area contributed by atoms with Gasteiger partial charge in [-0.1, -0.05) is 54.6 Å². The molecule has 40 heavy (non-hydrogen) atoms. The van der Waals surface area contributed by atoms with Crippen LogP contribution in [0.25, 0.3) is 11.0 Å². The number of primary amides is 1. The van der Waals surface area contributed by atoms with Gasteiger partial charge in [-0.05, 0) is 25.5 Å². The fraction of sp³-hybridized carbons (Fsp3) is 0.161. The summed E-state index contributed by atoms with van der Waals surface area (Å²) in [7, 11) is 0. The van der Waals surface area contributed by atoms with Gasteiger partial charge in [0, 0.05) is 59.3 Å². The van der Waals surface area contributed by atoms with E-state index < -0.39 is 11.9 Å². The molecule has 0 saturated carbocycles. The van der Waals surface area contributed by atoms with Crippen LogP contribution in [0.3, 0.4) is 0 Å². The van der Waals surface area contributed by atoms with E-state index in [0.29, 0.717) is 39.0 Å². The van der Waals surface area contributed by atoms with E-state index in [1.54, 1.807) is 54.9 Å². The van der Waals surface area contributed by atoms with Crippen molar-refractivity contribution in [2.45, 2.75) is 32.4 Å². The highest BCUT2D eigenvalue weighted by atomic mass is 16.1. The summed E-state index contributed by atoms with van der Waals surface area (Å²) in [5.41, 5.74) is 9.68. The molecule has 0 fully saturated rings. The van der Waals surface area contributed by atoms with Crippen LogP contribution in [0.4, 0.5) is 5.69 Å². The van der Waals surface area contributed by atoms with E-state index in [2.05, 4.69) is 20.3 Å². The lowest BCUT2D eigenvalue weighted by atomic mass is 9.99. The molecular formula is C31H28N6O3. The van der Waals surface area contributed by atoms with Gasteiger partial charge in [0.2, 0.25) is 5.91 Å². The number of hydrogen-bond acceptors (Lipinski definition) is 7. The topological polar surface area (TPSA) is 133 Å². The normalized spacial score (nSPS) is 11.9. The lowest BCUT2D eigenvalue weighted by Crippen LogP contribution is -2.37. The first-order valence-electron chi connectivity index (χ1n) is 12.9. The Balaban J connectivity index is 1.34. The summed E-state index contributed by atoms with van der Waals surface area (Å²) in [6, 6.07) is 17.1. The number of hydrogen-bond donors (Lipinski definition) is 2. The van der Waals surface area contributed by atoms with Gasteiger partial charge in [0.25, 0.3) is 0 Å². The Bertz CT molecular complexity index is 1690. The number of ketones is 2. The second kappa shape index (κ2) is 11.3. The van der Waals surface area contributed by atoms with Crippen LogP contribution in [-0.4, -0.2) is 43.0 Å². The molecule has 3 N–H and O–H groups in total. The lowest BCUT2D eigenvalue weighted by molar-refractivity contribution is -0.118. The summed E-state index contributed by atoms with van der Waals surface area (Å²) in [4.78, 5) is 51.2. The quantitative estimate of drug-likeness (QED) is 0.255. The number of aromatic nitrogens is 4. The van der Waals surface area contributed by atoms with Gasteiger partial charge in [0.1, 0.15) is 18.0 Å². The summed E-state index contributed by atoms with van der Waals surface area (Å²) in [5.74, 6) is -0.865. The molecule has 0 spiro atoms. The van der Waals surface area contributed by atoms with E-state index in [4.69, 9.17) is 5.73 Å². The van der Waals surface area contributed by atoms with Crippen molar-refractivity contribution in [3.8, 4) is 0 Å². The van der Waals surface area contributed by atoms with Crippen molar-refractivity contribution in [2.75, 3.05) is 5.32 Å². The zero-order valence-corrected chi connectivity index (χ0v) is 22.1. The van der Waals surface area contributed by atoms with E-state index >= 15 is 0 Å². The van der Waals surface area contributed by atoms with Crippen molar-refractivity contribution in [1.29, 1.82) is 0 Å². The summed E-state index contributed by atoms with van der Waals surface area (Å²) >= 11 is 0. The Labute approximate surface area is 231 Å². The molecule has 200 valence electrons. The Hall–Kier alpha value is -5.18. The molecule has 0 saturated heterocycles. The number of anilines is 1. The number of carbonyl (C=O) groups excluding carboxylic acids is 3. The highest BCUT2D eigenvalue weighted by Gasteiger charge is 2.21. The number of nitrogens with zero attached hydrogens (tertiary/aromatic N) is 4. The number of nitrogens with one attached hydrogen (secondary N) is 1. The Morgan fingerprint density at radius 3 is 2.30 bits per heavy atom. The van der Waals surface area contributed by atoms with Crippen molar-refractivity contribution in [3.05, 3.63) is 120 Å². The maximum absolute atomic E-state index is 13.5. The van der Waals surface area contributed by atoms with Crippen LogP contribution < -0.4 is 11.1 Å². The molecule has 3 heterocycles. The van der Waals surface area contributed by atoms with Crippen LogP contribution in [0.1, 0.15) is 57.3 Å². The molecule has 2 aromatic carbocycles. The van der Waals surface area contributed by atoms with Gasteiger partial charge in [-0.2, -0.15) is 0 Å². The summed E-state index contributed by atoms with van der Waals surface area (Å²) < 4.78 is 1.93.